The maximum Gasteiger partial charge on any atom is 0.186 e. The molecule has 0 radical (unpaired) electrons. The Morgan fingerprint density at radius 3 is 2.56 bits per heavy atom. The number of aliphatic hydroxyl groups is 3. The van der Waals surface area contributed by atoms with E-state index in [1.165, 1.54) is 41.7 Å². The highest BCUT2D eigenvalue weighted by molar-refractivity contribution is 6.07. The predicted octanol–water partition coefficient (Wildman–Crippen LogP) is 6.74. The third-order valence-corrected chi connectivity index (χ3v) is 16.3. The molecule has 1 unspecified atom stereocenters. The number of aromatic hydroxyl groups is 1. The summed E-state index contributed by atoms with van der Waals surface area (Å²) in [5.74, 6) is 1.72. The lowest BCUT2D eigenvalue weighted by atomic mass is 9.57. The number of hydrogen-bond acceptors (Lipinski definition) is 12. The van der Waals surface area contributed by atoms with Crippen LogP contribution < -0.4 is 31.7 Å². The number of ketones is 2. The van der Waals surface area contributed by atoms with Crippen molar-refractivity contribution in [1.29, 1.82) is 0 Å². The van der Waals surface area contributed by atoms with Gasteiger partial charge in [0.2, 0.25) is 0 Å². The molecule has 382 valence electrons. The Morgan fingerprint density at radius 2 is 1.77 bits per heavy atom. The molecule has 0 amide bonds. The number of phenols is 1. The molecule has 9 atom stereocenters. The molecule has 3 aromatic carbocycles. The minimum Gasteiger partial charge on any atom is -0.504 e. The molecule has 3 heterocycles. The van der Waals surface area contributed by atoms with Gasteiger partial charge in [0.25, 0.3) is 0 Å². The van der Waals surface area contributed by atoms with Crippen molar-refractivity contribution in [2.75, 3.05) is 39.6 Å². The summed E-state index contributed by atoms with van der Waals surface area (Å²) >= 11 is 0. The van der Waals surface area contributed by atoms with E-state index >= 15 is 0 Å². The number of benzene rings is 3. The summed E-state index contributed by atoms with van der Waals surface area (Å²) in [6, 6.07) is 23.1. The Kier molecular flexibility index (Phi) is 18.6. The van der Waals surface area contributed by atoms with Crippen LogP contribution in [-0.2, 0) is 35.3 Å². The lowest BCUT2D eigenvalue weighted by molar-refractivity contribution is -0.124. The van der Waals surface area contributed by atoms with Crippen molar-refractivity contribution in [3.8, 4) is 11.5 Å². The van der Waals surface area contributed by atoms with Crippen LogP contribution in [0.2, 0.25) is 0 Å². The molecule has 1 saturated heterocycles. The molecule has 3 aliphatic heterocycles. The van der Waals surface area contributed by atoms with Gasteiger partial charge in [-0.15, -0.1) is 0 Å². The van der Waals surface area contributed by atoms with E-state index in [9.17, 15) is 30.0 Å². The highest BCUT2D eigenvalue weighted by Gasteiger charge is 2.49. The van der Waals surface area contributed by atoms with Gasteiger partial charge in [-0.1, -0.05) is 66.7 Å². The summed E-state index contributed by atoms with van der Waals surface area (Å²) in [4.78, 5) is 27.5. The Hall–Kier alpha value is -4.92. The van der Waals surface area contributed by atoms with Gasteiger partial charge in [-0.2, -0.15) is 0 Å². The minimum atomic E-state index is -0.680. The van der Waals surface area contributed by atoms with E-state index < -0.39 is 25.3 Å². The number of nitrogens with one attached hydrogen (secondary N) is 4. The molecule has 0 spiro atoms. The Morgan fingerprint density at radius 1 is 0.986 bits per heavy atom. The summed E-state index contributed by atoms with van der Waals surface area (Å²) in [5, 5.41) is 56.1. The topological polar surface area (TPSA) is 198 Å². The molecule has 5 aliphatic rings. The first kappa shape index (κ1) is 52.4. The molecule has 3 aromatic rings. The van der Waals surface area contributed by atoms with Crippen molar-refractivity contribution in [3.63, 3.8) is 0 Å². The average molecular weight is 970 g/mol. The predicted molar refractivity (Wildman–Crippen MR) is 280 cm³/mol. The maximum absolute atomic E-state index is 13.8. The maximum atomic E-state index is 13.8. The number of piperidine rings is 1. The van der Waals surface area contributed by atoms with Crippen LogP contribution in [0.5, 0.6) is 11.5 Å². The monoisotopic (exact) mass is 970 g/mol. The second-order valence-electron chi connectivity index (χ2n) is 21.4. The number of ether oxygens (including phenoxy) is 1. The molecule has 12 nitrogen and oxygen atoms in total. The zero-order chi connectivity index (χ0) is 49.7. The molecule has 8 rings (SSSR count). The fraction of sp³-hybridized carbons (Fsp3) is 0.525. The fourth-order valence-electron chi connectivity index (χ4n) is 12.9. The Labute approximate surface area is 421 Å². The van der Waals surface area contributed by atoms with Gasteiger partial charge in [-0.3, -0.25) is 9.59 Å². The van der Waals surface area contributed by atoms with Crippen LogP contribution >= 0.6 is 0 Å². The van der Waals surface area contributed by atoms with E-state index in [1.54, 1.807) is 6.07 Å². The van der Waals surface area contributed by atoms with Crippen LogP contribution in [0.3, 0.4) is 0 Å². The summed E-state index contributed by atoms with van der Waals surface area (Å²) in [5.41, 5.74) is 13.6. The molecule has 2 aliphatic carbocycles. The Balaban J connectivity index is 0.929. The lowest BCUT2D eigenvalue weighted by Crippen LogP contribution is -2.56. The van der Waals surface area contributed by atoms with Gasteiger partial charge in [0.15, 0.2) is 24.1 Å². The quantitative estimate of drug-likeness (QED) is 0.0199. The largest absolute Gasteiger partial charge is 0.504 e. The van der Waals surface area contributed by atoms with Crippen molar-refractivity contribution in [2.24, 2.45) is 34.8 Å². The standard InChI is InChI=1S/C59H79N5O7/c1-39(67)34-63-49-18-21-59(32-49,33-54-52-19-23-61-35-47(52)25-44-12-7-22-62-58(44)54)20-6-13-50(68)30-51(69)27-48(37-65)53-31-56(71-38-66)55(70)28-45(53)26-46-36-64-57(60)29-43(46)17-16-42-11-5-10-41(24-42)15-14-40-8-3-2-4-9-40/h2-5,7-12,24,27-29,31,36,39,44,47,49,52,54,57-58,61-67,70H,6,13-23,25-26,30,32-35,37-38,60H2,1H3/b48-27+/t39-,44-,47-,49+,52+,54+,57?,58+,59+/m0/s1. The number of hydrogen-bond donors (Lipinski definition) is 9. The number of allylic oxidation sites excluding steroid dienone is 3. The van der Waals surface area contributed by atoms with Crippen LogP contribution in [0, 0.1) is 29.1 Å². The smallest absolute Gasteiger partial charge is 0.186 e. The summed E-state index contributed by atoms with van der Waals surface area (Å²) in [6.07, 6.45) is 21.3. The highest BCUT2D eigenvalue weighted by Crippen LogP contribution is 2.53. The molecular weight excluding hydrogens is 891 g/mol. The summed E-state index contributed by atoms with van der Waals surface area (Å²) in [7, 11) is 0. The molecule has 2 saturated carbocycles. The van der Waals surface area contributed by atoms with Crippen molar-refractivity contribution in [3.05, 3.63) is 136 Å². The number of carbonyl (C=O) groups excluding carboxylic acids is 2. The van der Waals surface area contributed by atoms with E-state index in [2.05, 4.69) is 82.0 Å². The number of phenolic OH excluding ortho intramolecular Hbond substituents is 1. The van der Waals surface area contributed by atoms with E-state index in [-0.39, 0.29) is 40.9 Å². The third-order valence-electron chi connectivity index (χ3n) is 16.3. The molecule has 0 bridgehead atoms. The van der Waals surface area contributed by atoms with Crippen LogP contribution in [0.1, 0.15) is 105 Å². The van der Waals surface area contributed by atoms with Crippen molar-refractivity contribution >= 4 is 17.1 Å². The Bertz CT molecular complexity index is 2400. The minimum absolute atomic E-state index is 0.00844. The fourth-order valence-corrected chi connectivity index (χ4v) is 12.9. The first-order chi connectivity index (χ1) is 34.5. The van der Waals surface area contributed by atoms with Crippen LogP contribution in [0.15, 0.2) is 108 Å². The number of carbonyl (C=O) groups is 2. The van der Waals surface area contributed by atoms with Crippen molar-refractivity contribution < 1.29 is 34.8 Å². The molecule has 10 N–H and O–H groups in total. The first-order valence-electron chi connectivity index (χ1n) is 26.5. The van der Waals surface area contributed by atoms with Crippen LogP contribution in [0.4, 0.5) is 0 Å². The summed E-state index contributed by atoms with van der Waals surface area (Å²) in [6.45, 7) is 4.26. The SMILES string of the molecule is C[C@H](O)CN[C@@H]1CC[C@@](CCCC(=O)CC(=O)/C=C(\CO)c2cc(OCO)c(O)cc2CC2=CNC(N)C=C2CCc2cccc(CCc3ccccc3)c2)(C[C@@H]2[C@@H]3CCNC[C@@H]3C[C@@H]3C=CCN[C@@H]23)C1. The number of rotatable bonds is 24. The zero-order valence-corrected chi connectivity index (χ0v) is 41.8. The van der Waals surface area contributed by atoms with Crippen LogP contribution in [0.25, 0.3) is 5.57 Å². The third kappa shape index (κ3) is 14.2. The molecule has 0 aromatic heterocycles. The van der Waals surface area contributed by atoms with Gasteiger partial charge in [0.1, 0.15) is 5.78 Å². The molecule has 12 heteroatoms. The second kappa shape index (κ2) is 25.2. The number of nitrogens with two attached hydrogens (primary N) is 1. The number of aliphatic hydroxyl groups excluding tert-OH is 3. The lowest BCUT2D eigenvalue weighted by Gasteiger charge is -2.52. The molecule has 71 heavy (non-hydrogen) atoms. The molecular formula is C59H79N5O7. The van der Waals surface area contributed by atoms with E-state index in [0.717, 1.165) is 88.6 Å². The first-order valence-corrected chi connectivity index (χ1v) is 26.5. The second-order valence-corrected chi connectivity index (χ2v) is 21.4. The van der Waals surface area contributed by atoms with Gasteiger partial charge < -0.3 is 52.2 Å². The van der Waals surface area contributed by atoms with Gasteiger partial charge in [-0.25, -0.2) is 0 Å². The summed E-state index contributed by atoms with van der Waals surface area (Å²) < 4.78 is 5.36. The van der Waals surface area contributed by atoms with Gasteiger partial charge in [0, 0.05) is 37.8 Å². The number of aryl methyl sites for hydroxylation is 3. The van der Waals surface area contributed by atoms with E-state index in [4.69, 9.17) is 10.5 Å². The van der Waals surface area contributed by atoms with Gasteiger partial charge in [0.05, 0.1) is 25.3 Å². The normalized spacial score (nSPS) is 26.7. The zero-order valence-electron chi connectivity index (χ0n) is 41.8. The van der Waals surface area contributed by atoms with Gasteiger partial charge in [-0.05, 0) is 201 Å². The van der Waals surface area contributed by atoms with Crippen molar-refractivity contribution in [2.45, 2.75) is 128 Å². The van der Waals surface area contributed by atoms with Crippen molar-refractivity contribution in [1.82, 2.24) is 21.3 Å². The number of Topliss-reactive ketones (excluding diaryl/α,β-unsaturated/α-hetero) is 1. The number of fused-ring (bicyclic) bond motifs is 2. The number of dihydropyridines is 1. The van der Waals surface area contributed by atoms with E-state index in [1.807, 2.05) is 25.3 Å². The van der Waals surface area contributed by atoms with Crippen LogP contribution in [-0.4, -0.2) is 95.9 Å². The highest BCUT2D eigenvalue weighted by atomic mass is 16.6. The van der Waals surface area contributed by atoms with E-state index in [0.29, 0.717) is 72.7 Å². The average Bonchev–Trinajstić information content (AvgIpc) is 3.78. The van der Waals surface area contributed by atoms with Gasteiger partial charge >= 0.3 is 0 Å². The molecule has 3 fully saturated rings.